The SMILES string of the molecule is O=C(c1ccsc1)N1CCC[C@@H](c2cc(C(F)(F)F)n[nH]2)C1. The lowest BCUT2D eigenvalue weighted by Gasteiger charge is -2.32. The third-order valence-electron chi connectivity index (χ3n) is 3.80. The Labute approximate surface area is 128 Å². The Morgan fingerprint density at radius 1 is 1.45 bits per heavy atom. The number of rotatable bonds is 2. The lowest BCUT2D eigenvalue weighted by Crippen LogP contribution is -2.39. The first-order valence-electron chi connectivity index (χ1n) is 6.89. The van der Waals surface area contributed by atoms with Crippen molar-refractivity contribution < 1.29 is 18.0 Å². The number of hydrogen-bond acceptors (Lipinski definition) is 3. The molecule has 1 fully saturated rings. The van der Waals surface area contributed by atoms with E-state index in [1.807, 2.05) is 5.38 Å². The third kappa shape index (κ3) is 3.01. The lowest BCUT2D eigenvalue weighted by molar-refractivity contribution is -0.141. The van der Waals surface area contributed by atoms with Gasteiger partial charge in [-0.3, -0.25) is 9.89 Å². The molecule has 1 aliphatic rings. The van der Waals surface area contributed by atoms with Crippen LogP contribution in [0.4, 0.5) is 13.2 Å². The van der Waals surface area contributed by atoms with Crippen molar-refractivity contribution in [3.63, 3.8) is 0 Å². The van der Waals surface area contributed by atoms with Crippen molar-refractivity contribution in [2.45, 2.75) is 24.9 Å². The van der Waals surface area contributed by atoms with Gasteiger partial charge in [-0.05, 0) is 30.4 Å². The molecule has 118 valence electrons. The number of piperidine rings is 1. The maximum atomic E-state index is 12.6. The summed E-state index contributed by atoms with van der Waals surface area (Å²) in [7, 11) is 0. The highest BCUT2D eigenvalue weighted by Gasteiger charge is 2.35. The summed E-state index contributed by atoms with van der Waals surface area (Å²) in [6.45, 7) is 1.04. The molecule has 1 N–H and O–H groups in total. The molecule has 1 saturated heterocycles. The van der Waals surface area contributed by atoms with E-state index in [0.29, 0.717) is 24.3 Å². The fourth-order valence-electron chi connectivity index (χ4n) is 2.68. The molecule has 1 atom stereocenters. The number of nitrogens with one attached hydrogen (secondary N) is 1. The zero-order valence-electron chi connectivity index (χ0n) is 11.6. The number of alkyl halides is 3. The Kier molecular flexibility index (Phi) is 3.94. The van der Waals surface area contributed by atoms with Gasteiger partial charge in [0.2, 0.25) is 0 Å². The second kappa shape index (κ2) is 5.75. The van der Waals surface area contributed by atoms with Gasteiger partial charge in [-0.25, -0.2) is 0 Å². The van der Waals surface area contributed by atoms with E-state index in [0.717, 1.165) is 18.9 Å². The smallest absolute Gasteiger partial charge is 0.338 e. The summed E-state index contributed by atoms with van der Waals surface area (Å²) in [5.74, 6) is -0.207. The summed E-state index contributed by atoms with van der Waals surface area (Å²) in [6.07, 6.45) is -2.94. The highest BCUT2D eigenvalue weighted by molar-refractivity contribution is 7.08. The molecule has 0 spiro atoms. The Balaban J connectivity index is 1.73. The predicted molar refractivity (Wildman–Crippen MR) is 75.8 cm³/mol. The molecule has 3 rings (SSSR count). The van der Waals surface area contributed by atoms with Crippen LogP contribution in [0, 0.1) is 0 Å². The van der Waals surface area contributed by atoms with Crippen molar-refractivity contribution in [3.05, 3.63) is 39.8 Å². The van der Waals surface area contributed by atoms with Crippen molar-refractivity contribution in [1.29, 1.82) is 0 Å². The molecular formula is C14H14F3N3OS. The van der Waals surface area contributed by atoms with Crippen molar-refractivity contribution in [1.82, 2.24) is 15.1 Å². The number of aromatic amines is 1. The van der Waals surface area contributed by atoms with Gasteiger partial charge in [0.1, 0.15) is 0 Å². The van der Waals surface area contributed by atoms with Crippen molar-refractivity contribution in [2.75, 3.05) is 13.1 Å². The average Bonchev–Trinajstić information content (AvgIpc) is 3.17. The molecule has 3 heterocycles. The van der Waals surface area contributed by atoms with E-state index in [1.54, 1.807) is 16.3 Å². The van der Waals surface area contributed by atoms with Crippen molar-refractivity contribution in [3.8, 4) is 0 Å². The van der Waals surface area contributed by atoms with Crippen LogP contribution in [-0.4, -0.2) is 34.1 Å². The van der Waals surface area contributed by atoms with Crippen LogP contribution in [0.2, 0.25) is 0 Å². The number of hydrogen-bond donors (Lipinski definition) is 1. The summed E-state index contributed by atoms with van der Waals surface area (Å²) in [6, 6.07) is 2.80. The van der Waals surface area contributed by atoms with Crippen LogP contribution in [0.3, 0.4) is 0 Å². The minimum atomic E-state index is -4.45. The molecule has 8 heteroatoms. The second-order valence-electron chi connectivity index (χ2n) is 5.31. The highest BCUT2D eigenvalue weighted by Crippen LogP contribution is 2.32. The maximum Gasteiger partial charge on any atom is 0.435 e. The Hall–Kier alpha value is -1.83. The topological polar surface area (TPSA) is 49.0 Å². The predicted octanol–water partition coefficient (Wildman–Crippen LogP) is 3.51. The molecule has 1 amide bonds. The van der Waals surface area contributed by atoms with Crippen LogP contribution in [0.5, 0.6) is 0 Å². The highest BCUT2D eigenvalue weighted by atomic mass is 32.1. The van der Waals surface area contributed by atoms with Gasteiger partial charge < -0.3 is 4.90 Å². The molecule has 2 aromatic rings. The van der Waals surface area contributed by atoms with Gasteiger partial charge in [-0.2, -0.15) is 29.6 Å². The van der Waals surface area contributed by atoms with Crippen molar-refractivity contribution in [2.24, 2.45) is 0 Å². The normalized spacial score (nSPS) is 19.4. The summed E-state index contributed by atoms with van der Waals surface area (Å²) in [5.41, 5.74) is 0.158. The van der Waals surface area contributed by atoms with Gasteiger partial charge in [0.15, 0.2) is 5.69 Å². The molecular weight excluding hydrogens is 315 g/mol. The van der Waals surface area contributed by atoms with Crippen LogP contribution in [-0.2, 0) is 6.18 Å². The van der Waals surface area contributed by atoms with E-state index >= 15 is 0 Å². The van der Waals surface area contributed by atoms with Gasteiger partial charge in [0.05, 0.1) is 5.56 Å². The number of thiophene rings is 1. The number of amides is 1. The standard InChI is InChI=1S/C14H14F3N3OS/c15-14(16,17)12-6-11(18-19-12)9-2-1-4-20(7-9)13(21)10-3-5-22-8-10/h3,5-6,8-9H,1-2,4,7H2,(H,18,19)/t9-/m1/s1. The van der Waals surface area contributed by atoms with Crippen molar-refractivity contribution >= 4 is 17.2 Å². The van der Waals surface area contributed by atoms with Gasteiger partial charge >= 0.3 is 6.18 Å². The first-order valence-corrected chi connectivity index (χ1v) is 7.83. The first kappa shape index (κ1) is 15.1. The summed E-state index contributed by atoms with van der Waals surface area (Å²) in [5, 5.41) is 9.42. The average molecular weight is 329 g/mol. The van der Waals surface area contributed by atoms with Crippen LogP contribution >= 0.6 is 11.3 Å². The molecule has 0 aliphatic carbocycles. The number of aromatic nitrogens is 2. The first-order chi connectivity index (χ1) is 10.4. The minimum Gasteiger partial charge on any atom is -0.338 e. The number of H-pyrrole nitrogens is 1. The fraction of sp³-hybridized carbons (Fsp3) is 0.429. The number of carbonyl (C=O) groups excluding carboxylic acids is 1. The molecule has 22 heavy (non-hydrogen) atoms. The van der Waals surface area contributed by atoms with Gasteiger partial charge in [-0.1, -0.05) is 0 Å². The third-order valence-corrected chi connectivity index (χ3v) is 4.49. The lowest BCUT2D eigenvalue weighted by atomic mass is 9.94. The fourth-order valence-corrected chi connectivity index (χ4v) is 3.30. The van der Waals surface area contributed by atoms with Crippen LogP contribution in [0.25, 0.3) is 0 Å². The van der Waals surface area contributed by atoms with E-state index in [2.05, 4.69) is 10.2 Å². The summed E-state index contributed by atoms with van der Waals surface area (Å²) >= 11 is 1.45. The Bertz CT molecular complexity index is 651. The van der Waals surface area contributed by atoms with E-state index in [9.17, 15) is 18.0 Å². The minimum absolute atomic E-state index is 0.0680. The molecule has 0 bridgehead atoms. The van der Waals surface area contributed by atoms with Gasteiger partial charge in [-0.15, -0.1) is 0 Å². The van der Waals surface area contributed by atoms with Crippen LogP contribution < -0.4 is 0 Å². The molecule has 0 aromatic carbocycles. The molecule has 0 saturated carbocycles. The molecule has 0 radical (unpaired) electrons. The largest absolute Gasteiger partial charge is 0.435 e. The zero-order chi connectivity index (χ0) is 15.7. The molecule has 2 aromatic heterocycles. The molecule has 4 nitrogen and oxygen atoms in total. The van der Waals surface area contributed by atoms with E-state index in [4.69, 9.17) is 0 Å². The zero-order valence-corrected chi connectivity index (χ0v) is 12.4. The monoisotopic (exact) mass is 329 g/mol. The summed E-state index contributed by atoms with van der Waals surface area (Å²) in [4.78, 5) is 14.0. The second-order valence-corrected chi connectivity index (χ2v) is 6.09. The van der Waals surface area contributed by atoms with Crippen LogP contribution in [0.15, 0.2) is 22.9 Å². The molecule has 0 unspecified atom stereocenters. The van der Waals surface area contributed by atoms with E-state index in [1.165, 1.54) is 11.3 Å². The van der Waals surface area contributed by atoms with E-state index in [-0.39, 0.29) is 11.8 Å². The number of halogens is 3. The summed E-state index contributed by atoms with van der Waals surface area (Å²) < 4.78 is 37.8. The van der Waals surface area contributed by atoms with E-state index < -0.39 is 11.9 Å². The number of likely N-dealkylation sites (tertiary alicyclic amines) is 1. The molecule has 1 aliphatic heterocycles. The Morgan fingerprint density at radius 3 is 2.91 bits per heavy atom. The maximum absolute atomic E-state index is 12.6. The Morgan fingerprint density at radius 2 is 2.27 bits per heavy atom. The number of nitrogens with zero attached hydrogens (tertiary/aromatic N) is 2. The number of carbonyl (C=O) groups is 1. The van der Waals surface area contributed by atoms with Crippen LogP contribution in [0.1, 0.15) is 40.5 Å². The quantitative estimate of drug-likeness (QED) is 0.916. The van der Waals surface area contributed by atoms with Gasteiger partial charge in [0.25, 0.3) is 5.91 Å². The van der Waals surface area contributed by atoms with Gasteiger partial charge in [0, 0.05) is 30.1 Å².